The van der Waals surface area contributed by atoms with Gasteiger partial charge < -0.3 is 0 Å². The number of sulfonamides is 1. The molecule has 0 aromatic heterocycles. The quantitative estimate of drug-likeness (QED) is 0.745. The van der Waals surface area contributed by atoms with E-state index in [1.165, 1.54) is 24.3 Å². The Labute approximate surface area is 156 Å². The van der Waals surface area contributed by atoms with E-state index in [0.29, 0.717) is 5.92 Å². The SMILES string of the molecule is CC(C)[C@H](CNS(=O)(=O)c1cccc(S(C)(=O)=O)c1)Cc1ccccc1. The molecule has 0 unspecified atom stereocenters. The van der Waals surface area contributed by atoms with Crippen molar-refractivity contribution in [1.82, 2.24) is 4.72 Å². The highest BCUT2D eigenvalue weighted by atomic mass is 32.2. The Morgan fingerprint density at radius 3 is 2.08 bits per heavy atom. The van der Waals surface area contributed by atoms with Crippen molar-refractivity contribution in [2.45, 2.75) is 30.1 Å². The lowest BCUT2D eigenvalue weighted by Crippen LogP contribution is -2.32. The third-order valence-corrected chi connectivity index (χ3v) is 6.89. The van der Waals surface area contributed by atoms with Gasteiger partial charge in [-0.2, -0.15) is 0 Å². The monoisotopic (exact) mass is 395 g/mol. The number of rotatable bonds is 8. The summed E-state index contributed by atoms with van der Waals surface area (Å²) >= 11 is 0. The van der Waals surface area contributed by atoms with E-state index in [9.17, 15) is 16.8 Å². The van der Waals surface area contributed by atoms with Gasteiger partial charge >= 0.3 is 0 Å². The van der Waals surface area contributed by atoms with Gasteiger partial charge in [0.05, 0.1) is 9.79 Å². The van der Waals surface area contributed by atoms with E-state index >= 15 is 0 Å². The predicted octanol–water partition coefficient (Wildman–Crippen LogP) is 2.88. The predicted molar refractivity (Wildman–Crippen MR) is 103 cm³/mol. The first kappa shape index (κ1) is 20.6. The molecule has 0 spiro atoms. The first-order chi connectivity index (χ1) is 12.1. The van der Waals surface area contributed by atoms with Crippen molar-refractivity contribution < 1.29 is 16.8 Å². The second kappa shape index (κ2) is 8.33. The first-order valence-corrected chi connectivity index (χ1v) is 11.8. The van der Waals surface area contributed by atoms with Gasteiger partial charge in [-0.1, -0.05) is 50.2 Å². The molecular formula is C19H25NO4S2. The second-order valence-electron chi connectivity index (χ2n) is 6.79. The van der Waals surface area contributed by atoms with Crippen LogP contribution in [0, 0.1) is 11.8 Å². The molecule has 0 bridgehead atoms. The van der Waals surface area contributed by atoms with Gasteiger partial charge in [-0.15, -0.1) is 0 Å². The summed E-state index contributed by atoms with van der Waals surface area (Å²) < 4.78 is 51.1. The lowest BCUT2D eigenvalue weighted by molar-refractivity contribution is 0.379. The van der Waals surface area contributed by atoms with Gasteiger partial charge in [0.15, 0.2) is 9.84 Å². The Morgan fingerprint density at radius 1 is 0.885 bits per heavy atom. The standard InChI is InChI=1S/C19H25NO4S2/c1-15(2)17(12-16-8-5-4-6-9-16)14-20-26(23,24)19-11-7-10-18(13-19)25(3,21)22/h4-11,13,15,17,20H,12,14H2,1-3H3/t17-/m0/s1. The van der Waals surface area contributed by atoms with Crippen LogP contribution in [0.2, 0.25) is 0 Å². The topological polar surface area (TPSA) is 80.3 Å². The van der Waals surface area contributed by atoms with Crippen molar-refractivity contribution in [3.8, 4) is 0 Å². The van der Waals surface area contributed by atoms with Crippen molar-refractivity contribution in [2.24, 2.45) is 11.8 Å². The molecule has 0 aliphatic carbocycles. The summed E-state index contributed by atoms with van der Waals surface area (Å²) in [6.07, 6.45) is 1.82. The zero-order valence-corrected chi connectivity index (χ0v) is 16.8. The van der Waals surface area contributed by atoms with Crippen molar-refractivity contribution in [1.29, 1.82) is 0 Å². The van der Waals surface area contributed by atoms with Crippen molar-refractivity contribution in [3.63, 3.8) is 0 Å². The first-order valence-electron chi connectivity index (χ1n) is 8.43. The van der Waals surface area contributed by atoms with E-state index in [2.05, 4.69) is 18.6 Å². The highest BCUT2D eigenvalue weighted by molar-refractivity contribution is 7.91. The van der Waals surface area contributed by atoms with E-state index in [4.69, 9.17) is 0 Å². The van der Waals surface area contributed by atoms with Gasteiger partial charge in [0, 0.05) is 12.8 Å². The lowest BCUT2D eigenvalue weighted by atomic mass is 9.89. The Bertz CT molecular complexity index is 937. The summed E-state index contributed by atoms with van der Waals surface area (Å²) in [5, 5.41) is 0. The summed E-state index contributed by atoms with van der Waals surface area (Å²) in [5.41, 5.74) is 1.16. The molecule has 0 aliphatic heterocycles. The second-order valence-corrected chi connectivity index (χ2v) is 10.6. The van der Waals surface area contributed by atoms with Crippen LogP contribution in [-0.4, -0.2) is 29.6 Å². The van der Waals surface area contributed by atoms with Crippen molar-refractivity contribution in [3.05, 3.63) is 60.2 Å². The number of hydrogen-bond donors (Lipinski definition) is 1. The fraction of sp³-hybridized carbons (Fsp3) is 0.368. The fourth-order valence-corrected chi connectivity index (χ4v) is 4.51. The molecule has 7 heteroatoms. The molecule has 0 aliphatic rings. The van der Waals surface area contributed by atoms with E-state index in [1.807, 2.05) is 30.3 Å². The van der Waals surface area contributed by atoms with E-state index in [-0.39, 0.29) is 22.3 Å². The zero-order valence-electron chi connectivity index (χ0n) is 15.2. The van der Waals surface area contributed by atoms with Crippen LogP contribution in [-0.2, 0) is 26.3 Å². The maximum Gasteiger partial charge on any atom is 0.240 e. The Kier molecular flexibility index (Phi) is 6.60. The minimum atomic E-state index is -3.78. The number of hydrogen-bond acceptors (Lipinski definition) is 4. The average molecular weight is 396 g/mol. The molecule has 26 heavy (non-hydrogen) atoms. The van der Waals surface area contributed by atoms with E-state index in [1.54, 1.807) is 0 Å². The number of benzene rings is 2. The number of nitrogens with one attached hydrogen (secondary N) is 1. The third-order valence-electron chi connectivity index (χ3n) is 4.36. The molecule has 0 saturated heterocycles. The van der Waals surface area contributed by atoms with Gasteiger partial charge in [-0.25, -0.2) is 21.6 Å². The van der Waals surface area contributed by atoms with Crippen LogP contribution in [0.4, 0.5) is 0 Å². The lowest BCUT2D eigenvalue weighted by Gasteiger charge is -2.21. The Hall–Kier alpha value is -1.70. The summed E-state index contributed by atoms with van der Waals surface area (Å²) in [6.45, 7) is 4.41. The molecule has 0 heterocycles. The molecule has 0 fully saturated rings. The van der Waals surface area contributed by atoms with E-state index < -0.39 is 19.9 Å². The summed E-state index contributed by atoms with van der Waals surface area (Å²) in [4.78, 5) is -0.0484. The molecule has 2 rings (SSSR count). The van der Waals surface area contributed by atoms with Gasteiger partial charge in [-0.05, 0) is 42.0 Å². The summed E-state index contributed by atoms with van der Waals surface area (Å²) in [5.74, 6) is 0.422. The molecule has 142 valence electrons. The molecule has 0 radical (unpaired) electrons. The smallest absolute Gasteiger partial charge is 0.224 e. The molecular weight excluding hydrogens is 370 g/mol. The Morgan fingerprint density at radius 2 is 1.50 bits per heavy atom. The highest BCUT2D eigenvalue weighted by Gasteiger charge is 2.21. The molecule has 2 aromatic carbocycles. The maximum absolute atomic E-state index is 12.6. The van der Waals surface area contributed by atoms with Crippen LogP contribution in [0.25, 0.3) is 0 Å². The maximum atomic E-state index is 12.6. The number of sulfone groups is 1. The van der Waals surface area contributed by atoms with E-state index in [0.717, 1.165) is 18.2 Å². The minimum absolute atomic E-state index is 0.00919. The van der Waals surface area contributed by atoms with Crippen LogP contribution in [0.5, 0.6) is 0 Å². The summed E-state index contributed by atoms with van der Waals surface area (Å²) in [6, 6.07) is 15.4. The van der Waals surface area contributed by atoms with Crippen LogP contribution in [0.3, 0.4) is 0 Å². The average Bonchev–Trinajstić information content (AvgIpc) is 2.58. The van der Waals surface area contributed by atoms with Crippen molar-refractivity contribution >= 4 is 19.9 Å². The molecule has 5 nitrogen and oxygen atoms in total. The molecule has 0 saturated carbocycles. The third kappa shape index (κ3) is 5.65. The minimum Gasteiger partial charge on any atom is -0.224 e. The van der Waals surface area contributed by atoms with Crippen molar-refractivity contribution in [2.75, 3.05) is 12.8 Å². The highest BCUT2D eigenvalue weighted by Crippen LogP contribution is 2.19. The normalized spacial score (nSPS) is 13.7. The molecule has 1 N–H and O–H groups in total. The van der Waals surface area contributed by atoms with Crippen LogP contribution in [0.1, 0.15) is 19.4 Å². The zero-order chi connectivity index (χ0) is 19.4. The van der Waals surface area contributed by atoms with Crippen LogP contribution >= 0.6 is 0 Å². The fourth-order valence-electron chi connectivity index (χ4n) is 2.63. The van der Waals surface area contributed by atoms with Gasteiger partial charge in [0.2, 0.25) is 10.0 Å². The van der Waals surface area contributed by atoms with Gasteiger partial charge in [0.25, 0.3) is 0 Å². The van der Waals surface area contributed by atoms with Crippen LogP contribution in [0.15, 0.2) is 64.4 Å². The molecule has 1 atom stereocenters. The van der Waals surface area contributed by atoms with Gasteiger partial charge in [-0.3, -0.25) is 0 Å². The van der Waals surface area contributed by atoms with Crippen LogP contribution < -0.4 is 4.72 Å². The molecule has 2 aromatic rings. The molecule has 0 amide bonds. The Balaban J connectivity index is 2.15. The largest absolute Gasteiger partial charge is 0.240 e. The summed E-state index contributed by atoms with van der Waals surface area (Å²) in [7, 11) is -7.24. The van der Waals surface area contributed by atoms with Gasteiger partial charge in [0.1, 0.15) is 0 Å².